The van der Waals surface area contributed by atoms with E-state index >= 15 is 0 Å². The number of hydrogen-bond acceptors (Lipinski definition) is 4. The summed E-state index contributed by atoms with van der Waals surface area (Å²) in [6, 6.07) is -0.404. The molecule has 0 aromatic carbocycles. The second-order valence-electron chi connectivity index (χ2n) is 4.68. The number of anilines is 1. The van der Waals surface area contributed by atoms with Crippen LogP contribution in [0, 0.1) is 0 Å². The highest BCUT2D eigenvalue weighted by Gasteiger charge is 2.16. The summed E-state index contributed by atoms with van der Waals surface area (Å²) in [7, 11) is 0. The Hall–Kier alpha value is -1.63. The maximum atomic E-state index is 12.0. The zero-order valence-electron chi connectivity index (χ0n) is 11.8. The smallest absolute Gasteiger partial charge is 0.283 e. The van der Waals surface area contributed by atoms with Gasteiger partial charge in [0.25, 0.3) is 5.56 Å². The van der Waals surface area contributed by atoms with E-state index in [4.69, 9.17) is 0 Å². The number of nitrogens with one attached hydrogen (secondary N) is 2. The Balaban J connectivity index is 2.88. The van der Waals surface area contributed by atoms with Crippen molar-refractivity contribution in [3.8, 4) is 0 Å². The largest absolute Gasteiger partial charge is 0.372 e. The van der Waals surface area contributed by atoms with Gasteiger partial charge in [0.1, 0.15) is 10.5 Å². The van der Waals surface area contributed by atoms with Crippen LogP contribution in [-0.4, -0.2) is 27.8 Å². The molecule has 0 aliphatic rings. The van der Waals surface area contributed by atoms with Crippen molar-refractivity contribution >= 4 is 27.5 Å². The first-order valence-electron chi connectivity index (χ1n) is 6.30. The minimum atomic E-state index is -0.467. The molecule has 0 aliphatic heterocycles. The number of aromatic nitrogens is 2. The van der Waals surface area contributed by atoms with E-state index in [0.29, 0.717) is 16.7 Å². The van der Waals surface area contributed by atoms with Gasteiger partial charge in [-0.2, -0.15) is 5.10 Å². The molecule has 1 unspecified atom stereocenters. The molecule has 2 N–H and O–H groups in total. The summed E-state index contributed by atoms with van der Waals surface area (Å²) in [4.78, 5) is 23.8. The zero-order valence-corrected chi connectivity index (χ0v) is 13.4. The van der Waals surface area contributed by atoms with E-state index < -0.39 is 6.04 Å². The minimum absolute atomic E-state index is 0.0638. The predicted molar refractivity (Wildman–Crippen MR) is 82.8 cm³/mol. The number of nitrogens with zero attached hydrogens (tertiary/aromatic N) is 2. The SMILES string of the molecule is C=CCn1ncc(NC(C)C(=O)NC(C)C)c(Br)c1=O. The molecule has 0 saturated carbocycles. The molecular weight excluding hydrogens is 324 g/mol. The molecule has 1 amide bonds. The summed E-state index contributed by atoms with van der Waals surface area (Å²) >= 11 is 3.23. The van der Waals surface area contributed by atoms with Crippen molar-refractivity contribution in [2.75, 3.05) is 5.32 Å². The number of amides is 1. The zero-order chi connectivity index (χ0) is 15.3. The van der Waals surface area contributed by atoms with Gasteiger partial charge in [-0.25, -0.2) is 4.68 Å². The number of allylic oxidation sites excluding steroid dienone is 1. The van der Waals surface area contributed by atoms with Crippen LogP contribution in [0.2, 0.25) is 0 Å². The standard InChI is InChI=1S/C13H19BrN4O2/c1-5-6-18-13(20)11(14)10(7-15-18)17-9(4)12(19)16-8(2)3/h5,7-9,17H,1,6H2,2-4H3,(H,16,19). The number of carbonyl (C=O) groups excluding carboxylic acids is 1. The lowest BCUT2D eigenvalue weighted by atomic mass is 10.2. The van der Waals surface area contributed by atoms with Gasteiger partial charge in [0.2, 0.25) is 5.91 Å². The second kappa shape index (κ2) is 7.23. The summed E-state index contributed by atoms with van der Waals surface area (Å²) < 4.78 is 1.62. The van der Waals surface area contributed by atoms with Crippen LogP contribution in [0.25, 0.3) is 0 Å². The first-order chi connectivity index (χ1) is 9.36. The Morgan fingerprint density at radius 2 is 2.20 bits per heavy atom. The second-order valence-corrected chi connectivity index (χ2v) is 5.47. The van der Waals surface area contributed by atoms with Gasteiger partial charge < -0.3 is 10.6 Å². The lowest BCUT2D eigenvalue weighted by Gasteiger charge is -2.17. The van der Waals surface area contributed by atoms with Crippen LogP contribution in [0.5, 0.6) is 0 Å². The van der Waals surface area contributed by atoms with Crippen molar-refractivity contribution in [2.45, 2.75) is 39.4 Å². The molecule has 1 atom stereocenters. The highest BCUT2D eigenvalue weighted by Crippen LogP contribution is 2.17. The van der Waals surface area contributed by atoms with Gasteiger partial charge in [-0.15, -0.1) is 6.58 Å². The summed E-state index contributed by atoms with van der Waals surface area (Å²) in [5.74, 6) is -0.137. The maximum absolute atomic E-state index is 12.0. The molecule has 7 heteroatoms. The van der Waals surface area contributed by atoms with E-state index in [1.54, 1.807) is 13.0 Å². The van der Waals surface area contributed by atoms with E-state index in [2.05, 4.69) is 38.2 Å². The molecule has 0 aliphatic carbocycles. The summed E-state index contributed by atoms with van der Waals surface area (Å²) in [5, 5.41) is 9.77. The third-order valence-corrected chi connectivity index (χ3v) is 3.25. The fourth-order valence-electron chi connectivity index (χ4n) is 1.53. The molecule has 0 radical (unpaired) electrons. The van der Waals surface area contributed by atoms with Gasteiger partial charge in [-0.1, -0.05) is 6.08 Å². The molecule has 0 bridgehead atoms. The van der Waals surface area contributed by atoms with Crippen LogP contribution in [-0.2, 0) is 11.3 Å². The molecular formula is C13H19BrN4O2. The molecule has 0 fully saturated rings. The van der Waals surface area contributed by atoms with E-state index in [0.717, 1.165) is 0 Å². The molecule has 1 aromatic heterocycles. The van der Waals surface area contributed by atoms with E-state index in [1.165, 1.54) is 10.9 Å². The van der Waals surface area contributed by atoms with Crippen LogP contribution in [0.3, 0.4) is 0 Å². The van der Waals surface area contributed by atoms with Gasteiger partial charge in [-0.3, -0.25) is 9.59 Å². The van der Waals surface area contributed by atoms with Gasteiger partial charge in [0.05, 0.1) is 18.4 Å². The monoisotopic (exact) mass is 342 g/mol. The van der Waals surface area contributed by atoms with Crippen LogP contribution < -0.4 is 16.2 Å². The number of halogens is 1. The van der Waals surface area contributed by atoms with E-state index in [-0.39, 0.29) is 17.5 Å². The summed E-state index contributed by atoms with van der Waals surface area (Å²) in [5.41, 5.74) is 0.216. The fourth-order valence-corrected chi connectivity index (χ4v) is 1.95. The van der Waals surface area contributed by atoms with Crippen LogP contribution in [0.1, 0.15) is 20.8 Å². The van der Waals surface area contributed by atoms with Crippen molar-refractivity contribution < 1.29 is 4.79 Å². The number of hydrogen-bond donors (Lipinski definition) is 2. The first kappa shape index (κ1) is 16.4. The summed E-state index contributed by atoms with van der Waals surface area (Å²) in [6.45, 7) is 9.40. The molecule has 1 rings (SSSR count). The molecule has 1 aromatic rings. The fraction of sp³-hybridized carbons (Fsp3) is 0.462. The highest BCUT2D eigenvalue weighted by molar-refractivity contribution is 9.10. The minimum Gasteiger partial charge on any atom is -0.372 e. The Bertz CT molecular complexity index is 554. The summed E-state index contributed by atoms with van der Waals surface area (Å²) in [6.07, 6.45) is 3.10. The van der Waals surface area contributed by atoms with Crippen molar-refractivity contribution in [1.82, 2.24) is 15.1 Å². The Morgan fingerprint density at radius 1 is 1.55 bits per heavy atom. The molecule has 20 heavy (non-hydrogen) atoms. The molecule has 0 saturated heterocycles. The molecule has 1 heterocycles. The van der Waals surface area contributed by atoms with Crippen molar-refractivity contribution in [3.05, 3.63) is 33.7 Å². The van der Waals surface area contributed by atoms with Gasteiger partial charge in [0.15, 0.2) is 0 Å². The first-order valence-corrected chi connectivity index (χ1v) is 7.09. The topological polar surface area (TPSA) is 76.0 Å². The molecule has 6 nitrogen and oxygen atoms in total. The van der Waals surface area contributed by atoms with Crippen molar-refractivity contribution in [1.29, 1.82) is 0 Å². The van der Waals surface area contributed by atoms with Crippen LogP contribution in [0.4, 0.5) is 5.69 Å². The van der Waals surface area contributed by atoms with Gasteiger partial charge in [0, 0.05) is 6.04 Å². The van der Waals surface area contributed by atoms with Gasteiger partial charge in [-0.05, 0) is 36.7 Å². The number of carbonyl (C=O) groups is 1. The van der Waals surface area contributed by atoms with E-state index in [9.17, 15) is 9.59 Å². The third kappa shape index (κ3) is 4.19. The Labute approximate surface area is 126 Å². The van der Waals surface area contributed by atoms with Crippen molar-refractivity contribution in [3.63, 3.8) is 0 Å². The maximum Gasteiger partial charge on any atom is 0.283 e. The lowest BCUT2D eigenvalue weighted by Crippen LogP contribution is -2.41. The quantitative estimate of drug-likeness (QED) is 0.768. The van der Waals surface area contributed by atoms with Crippen LogP contribution in [0.15, 0.2) is 28.1 Å². The average molecular weight is 343 g/mol. The molecule has 110 valence electrons. The third-order valence-electron chi connectivity index (χ3n) is 2.48. The Morgan fingerprint density at radius 3 is 2.75 bits per heavy atom. The Kier molecular flexibility index (Phi) is 5.94. The normalized spacial score (nSPS) is 12.1. The number of rotatable bonds is 6. The highest BCUT2D eigenvalue weighted by atomic mass is 79.9. The lowest BCUT2D eigenvalue weighted by molar-refractivity contribution is -0.122. The van der Waals surface area contributed by atoms with Crippen molar-refractivity contribution in [2.24, 2.45) is 0 Å². The predicted octanol–water partition coefficient (Wildman–Crippen LogP) is 1.52. The average Bonchev–Trinajstić information content (AvgIpc) is 2.37. The van der Waals surface area contributed by atoms with Gasteiger partial charge >= 0.3 is 0 Å². The van der Waals surface area contributed by atoms with Crippen LogP contribution >= 0.6 is 15.9 Å². The van der Waals surface area contributed by atoms with E-state index in [1.807, 2.05) is 13.8 Å². The molecule has 0 spiro atoms.